The van der Waals surface area contributed by atoms with E-state index >= 15 is 0 Å². The maximum Gasteiger partial charge on any atom is 0.0545 e. The Balaban J connectivity index is 2.31. The minimum Gasteiger partial charge on any atom is -0.398 e. The number of hydrogen-bond donors (Lipinski definition) is 1. The van der Waals surface area contributed by atoms with Crippen LogP contribution in [-0.4, -0.2) is 0 Å². The number of nitrogen functional groups attached to an aromatic ring is 1. The zero-order valence-corrected chi connectivity index (χ0v) is 10.5. The van der Waals surface area contributed by atoms with Crippen molar-refractivity contribution in [3.63, 3.8) is 0 Å². The first kappa shape index (κ1) is 11.4. The van der Waals surface area contributed by atoms with Gasteiger partial charge in [-0.25, -0.2) is 0 Å². The van der Waals surface area contributed by atoms with E-state index in [1.807, 2.05) is 43.3 Å². The van der Waals surface area contributed by atoms with Crippen LogP contribution in [0.5, 0.6) is 0 Å². The van der Waals surface area contributed by atoms with Crippen LogP contribution in [0, 0.1) is 6.92 Å². The highest BCUT2D eigenvalue weighted by Crippen LogP contribution is 2.36. The lowest BCUT2D eigenvalue weighted by Gasteiger charge is -2.07. The second-order valence-electron chi connectivity index (χ2n) is 3.57. The average molecular weight is 250 g/mol. The summed E-state index contributed by atoms with van der Waals surface area (Å²) in [6, 6.07) is 13.8. The van der Waals surface area contributed by atoms with E-state index in [0.717, 1.165) is 20.5 Å². The summed E-state index contributed by atoms with van der Waals surface area (Å²) in [5, 5.41) is 0.757. The molecule has 0 bridgehead atoms. The third kappa shape index (κ3) is 2.52. The lowest BCUT2D eigenvalue weighted by atomic mass is 10.2. The van der Waals surface area contributed by atoms with Gasteiger partial charge in [0.2, 0.25) is 0 Å². The fourth-order valence-electron chi connectivity index (χ4n) is 1.41. The molecule has 1 nitrogen and oxygen atoms in total. The molecule has 0 saturated carbocycles. The van der Waals surface area contributed by atoms with Crippen LogP contribution >= 0.6 is 23.4 Å². The normalized spacial score (nSPS) is 10.4. The van der Waals surface area contributed by atoms with Gasteiger partial charge in [-0.2, -0.15) is 0 Å². The fraction of sp³-hybridized carbons (Fsp3) is 0.0769. The van der Waals surface area contributed by atoms with Gasteiger partial charge < -0.3 is 5.73 Å². The minimum absolute atomic E-state index is 0.757. The summed E-state index contributed by atoms with van der Waals surface area (Å²) in [5.41, 5.74) is 7.92. The molecule has 0 aliphatic rings. The Morgan fingerprint density at radius 3 is 2.50 bits per heavy atom. The predicted octanol–water partition coefficient (Wildman–Crippen LogP) is 4.38. The molecule has 0 radical (unpaired) electrons. The van der Waals surface area contributed by atoms with Crippen molar-refractivity contribution in [1.29, 1.82) is 0 Å². The van der Waals surface area contributed by atoms with Crippen LogP contribution in [0.15, 0.2) is 52.3 Å². The molecular formula is C13H12ClNS. The number of rotatable bonds is 2. The van der Waals surface area contributed by atoms with Crippen molar-refractivity contribution in [3.05, 3.63) is 53.1 Å². The third-order valence-corrected chi connectivity index (χ3v) is 3.83. The lowest BCUT2D eigenvalue weighted by molar-refractivity contribution is 1.36. The Kier molecular flexibility index (Phi) is 3.42. The van der Waals surface area contributed by atoms with Crippen LogP contribution in [0.3, 0.4) is 0 Å². The number of anilines is 1. The highest BCUT2D eigenvalue weighted by Gasteiger charge is 2.04. The summed E-state index contributed by atoms with van der Waals surface area (Å²) < 4.78 is 0. The van der Waals surface area contributed by atoms with Crippen LogP contribution in [0.2, 0.25) is 5.02 Å². The first-order valence-electron chi connectivity index (χ1n) is 4.95. The summed E-state index contributed by atoms with van der Waals surface area (Å²) in [6.07, 6.45) is 0. The molecule has 0 aliphatic carbocycles. The van der Waals surface area contributed by atoms with E-state index in [1.54, 1.807) is 11.8 Å². The van der Waals surface area contributed by atoms with E-state index in [1.165, 1.54) is 5.56 Å². The summed E-state index contributed by atoms with van der Waals surface area (Å²) in [5.74, 6) is 0. The molecule has 0 amide bonds. The van der Waals surface area contributed by atoms with Gasteiger partial charge in [-0.05, 0) is 36.8 Å². The van der Waals surface area contributed by atoms with Crippen LogP contribution in [0.25, 0.3) is 0 Å². The summed E-state index contributed by atoms with van der Waals surface area (Å²) in [7, 11) is 0. The highest BCUT2D eigenvalue weighted by molar-refractivity contribution is 7.99. The first-order chi connectivity index (χ1) is 7.66. The number of benzene rings is 2. The van der Waals surface area contributed by atoms with Gasteiger partial charge in [0, 0.05) is 15.5 Å². The Bertz CT molecular complexity index is 511. The van der Waals surface area contributed by atoms with E-state index in [9.17, 15) is 0 Å². The Hall–Kier alpha value is -1.12. The molecule has 82 valence electrons. The van der Waals surface area contributed by atoms with Gasteiger partial charge in [0.25, 0.3) is 0 Å². The van der Waals surface area contributed by atoms with Crippen molar-refractivity contribution in [2.45, 2.75) is 16.7 Å². The lowest BCUT2D eigenvalue weighted by Crippen LogP contribution is -1.89. The van der Waals surface area contributed by atoms with E-state index < -0.39 is 0 Å². The topological polar surface area (TPSA) is 26.0 Å². The smallest absolute Gasteiger partial charge is 0.0545 e. The molecule has 3 heteroatoms. The van der Waals surface area contributed by atoms with Gasteiger partial charge in [-0.3, -0.25) is 0 Å². The second kappa shape index (κ2) is 4.81. The van der Waals surface area contributed by atoms with Gasteiger partial charge in [0.15, 0.2) is 0 Å². The van der Waals surface area contributed by atoms with E-state index in [2.05, 4.69) is 6.07 Å². The fourth-order valence-corrected chi connectivity index (χ4v) is 2.52. The van der Waals surface area contributed by atoms with Crippen molar-refractivity contribution in [3.8, 4) is 0 Å². The predicted molar refractivity (Wildman–Crippen MR) is 71.2 cm³/mol. The summed E-state index contributed by atoms with van der Waals surface area (Å²) in [6.45, 7) is 2.03. The van der Waals surface area contributed by atoms with Crippen molar-refractivity contribution >= 4 is 29.1 Å². The van der Waals surface area contributed by atoms with E-state index in [0.29, 0.717) is 0 Å². The van der Waals surface area contributed by atoms with Crippen LogP contribution in [0.1, 0.15) is 5.56 Å². The molecule has 2 rings (SSSR count). The molecule has 0 aliphatic heterocycles. The molecule has 0 spiro atoms. The summed E-state index contributed by atoms with van der Waals surface area (Å²) >= 11 is 7.69. The average Bonchev–Trinajstić information content (AvgIpc) is 2.25. The molecule has 0 saturated heterocycles. The summed E-state index contributed by atoms with van der Waals surface area (Å²) in [4.78, 5) is 2.07. The van der Waals surface area contributed by atoms with Gasteiger partial charge >= 0.3 is 0 Å². The van der Waals surface area contributed by atoms with Crippen LogP contribution in [-0.2, 0) is 0 Å². The van der Waals surface area contributed by atoms with Crippen molar-refractivity contribution in [2.75, 3.05) is 5.73 Å². The second-order valence-corrected chi connectivity index (χ2v) is 5.06. The standard InChI is InChI=1S/C13H12ClNS/c1-9-6-7-13(11(15)8-9)16-12-5-3-2-4-10(12)14/h2-8H,15H2,1H3. The molecular weight excluding hydrogens is 238 g/mol. The van der Waals surface area contributed by atoms with Gasteiger partial charge in [-0.1, -0.05) is 41.6 Å². The SMILES string of the molecule is Cc1ccc(Sc2ccccc2Cl)c(N)c1. The Morgan fingerprint density at radius 2 is 1.81 bits per heavy atom. The zero-order chi connectivity index (χ0) is 11.5. The molecule has 0 heterocycles. The maximum absolute atomic E-state index is 6.10. The largest absolute Gasteiger partial charge is 0.398 e. The number of aryl methyl sites for hydroxylation is 1. The van der Waals surface area contributed by atoms with Gasteiger partial charge in [0.05, 0.1) is 5.02 Å². The number of nitrogens with two attached hydrogens (primary N) is 1. The van der Waals surface area contributed by atoms with Crippen LogP contribution in [0.4, 0.5) is 5.69 Å². The molecule has 16 heavy (non-hydrogen) atoms. The van der Waals surface area contributed by atoms with Gasteiger partial charge in [-0.15, -0.1) is 0 Å². The maximum atomic E-state index is 6.10. The monoisotopic (exact) mass is 249 g/mol. The minimum atomic E-state index is 0.757. The molecule has 2 N–H and O–H groups in total. The molecule has 2 aromatic rings. The van der Waals surface area contributed by atoms with Crippen molar-refractivity contribution in [2.24, 2.45) is 0 Å². The van der Waals surface area contributed by atoms with Crippen molar-refractivity contribution < 1.29 is 0 Å². The quantitative estimate of drug-likeness (QED) is 0.800. The van der Waals surface area contributed by atoms with Crippen LogP contribution < -0.4 is 5.73 Å². The molecule has 2 aromatic carbocycles. The molecule has 0 atom stereocenters. The van der Waals surface area contributed by atoms with Gasteiger partial charge in [0.1, 0.15) is 0 Å². The highest BCUT2D eigenvalue weighted by atomic mass is 35.5. The Labute approximate surface area is 105 Å². The number of halogens is 1. The number of hydrogen-bond acceptors (Lipinski definition) is 2. The molecule has 0 aromatic heterocycles. The van der Waals surface area contributed by atoms with E-state index in [-0.39, 0.29) is 0 Å². The van der Waals surface area contributed by atoms with E-state index in [4.69, 9.17) is 17.3 Å². The van der Waals surface area contributed by atoms with Crippen molar-refractivity contribution in [1.82, 2.24) is 0 Å². The third-order valence-electron chi connectivity index (χ3n) is 2.22. The zero-order valence-electron chi connectivity index (χ0n) is 8.91. The first-order valence-corrected chi connectivity index (χ1v) is 6.15. The molecule has 0 unspecified atom stereocenters. The molecule has 0 fully saturated rings. The Morgan fingerprint density at radius 1 is 1.06 bits per heavy atom.